The van der Waals surface area contributed by atoms with Crippen LogP contribution < -0.4 is 5.32 Å². The van der Waals surface area contributed by atoms with Gasteiger partial charge in [0.25, 0.3) is 5.91 Å². The standard InChI is InChI=1S/C10H17NO/c1-3-5-7-8-10(12)11-9-6-4-2/h3-6,9H2,1-2H3,(H,11,12). The second kappa shape index (κ2) is 8.13. The lowest BCUT2D eigenvalue weighted by molar-refractivity contribution is -0.115. The van der Waals surface area contributed by atoms with Crippen LogP contribution in [0.15, 0.2) is 0 Å². The van der Waals surface area contributed by atoms with Crippen molar-refractivity contribution in [3.63, 3.8) is 0 Å². The molecule has 1 N–H and O–H groups in total. The predicted molar refractivity (Wildman–Crippen MR) is 50.6 cm³/mol. The molecule has 0 fully saturated rings. The Kier molecular flexibility index (Phi) is 7.47. The summed E-state index contributed by atoms with van der Waals surface area (Å²) in [5.74, 6) is 5.20. The fourth-order valence-corrected chi connectivity index (χ4v) is 0.691. The molecule has 0 aromatic carbocycles. The molecule has 1 amide bonds. The van der Waals surface area contributed by atoms with Crippen molar-refractivity contribution in [2.24, 2.45) is 0 Å². The SMILES string of the molecule is CCCC#CC(=O)NCCCC. The minimum Gasteiger partial charge on any atom is -0.345 e. The lowest BCUT2D eigenvalue weighted by atomic mass is 10.3. The van der Waals surface area contributed by atoms with Gasteiger partial charge < -0.3 is 5.32 Å². The fourth-order valence-electron chi connectivity index (χ4n) is 0.691. The Labute approximate surface area is 74.7 Å². The first-order chi connectivity index (χ1) is 5.81. The van der Waals surface area contributed by atoms with E-state index < -0.39 is 0 Å². The molecule has 0 spiro atoms. The fraction of sp³-hybridized carbons (Fsp3) is 0.700. The highest BCUT2D eigenvalue weighted by Gasteiger charge is 1.91. The number of nitrogens with one attached hydrogen (secondary N) is 1. The van der Waals surface area contributed by atoms with Crippen LogP contribution in [0.5, 0.6) is 0 Å². The zero-order chi connectivity index (χ0) is 9.23. The third kappa shape index (κ3) is 7.14. The molecule has 0 radical (unpaired) electrons. The number of amides is 1. The van der Waals surface area contributed by atoms with E-state index in [0.29, 0.717) is 0 Å². The Balaban J connectivity index is 3.41. The lowest BCUT2D eigenvalue weighted by Crippen LogP contribution is -2.22. The Morgan fingerprint density at radius 1 is 1.33 bits per heavy atom. The quantitative estimate of drug-likeness (QED) is 0.501. The summed E-state index contributed by atoms with van der Waals surface area (Å²) in [5.41, 5.74) is 0. The van der Waals surface area contributed by atoms with Crippen LogP contribution in [0.2, 0.25) is 0 Å². The lowest BCUT2D eigenvalue weighted by Gasteiger charge is -1.96. The van der Waals surface area contributed by atoms with E-state index in [0.717, 1.165) is 32.2 Å². The Morgan fingerprint density at radius 3 is 2.67 bits per heavy atom. The zero-order valence-corrected chi connectivity index (χ0v) is 7.94. The Hall–Kier alpha value is -0.970. The maximum atomic E-state index is 10.9. The first-order valence-corrected chi connectivity index (χ1v) is 4.58. The van der Waals surface area contributed by atoms with Crippen LogP contribution in [0.1, 0.15) is 39.5 Å². The van der Waals surface area contributed by atoms with Gasteiger partial charge in [0.1, 0.15) is 0 Å². The van der Waals surface area contributed by atoms with Gasteiger partial charge in [-0.25, -0.2) is 0 Å². The summed E-state index contributed by atoms with van der Waals surface area (Å²) in [5, 5.41) is 2.73. The van der Waals surface area contributed by atoms with Crippen LogP contribution >= 0.6 is 0 Å². The molecule has 2 heteroatoms. The molecule has 0 heterocycles. The first kappa shape index (κ1) is 11.0. The summed E-state index contributed by atoms with van der Waals surface area (Å²) in [6, 6.07) is 0. The van der Waals surface area contributed by atoms with Crippen molar-refractivity contribution in [1.29, 1.82) is 0 Å². The smallest absolute Gasteiger partial charge is 0.295 e. The summed E-state index contributed by atoms with van der Waals surface area (Å²) in [4.78, 5) is 10.9. The Bertz CT molecular complexity index is 176. The maximum Gasteiger partial charge on any atom is 0.295 e. The summed E-state index contributed by atoms with van der Waals surface area (Å²) in [7, 11) is 0. The highest BCUT2D eigenvalue weighted by Crippen LogP contribution is 1.83. The molecular formula is C10H17NO. The molecule has 0 saturated heterocycles. The molecule has 12 heavy (non-hydrogen) atoms. The van der Waals surface area contributed by atoms with E-state index in [4.69, 9.17) is 0 Å². The highest BCUT2D eigenvalue weighted by atomic mass is 16.1. The van der Waals surface area contributed by atoms with Crippen LogP contribution in [-0.4, -0.2) is 12.5 Å². The molecule has 0 aliphatic heterocycles. The van der Waals surface area contributed by atoms with Crippen molar-refractivity contribution in [3.05, 3.63) is 0 Å². The van der Waals surface area contributed by atoms with E-state index in [1.807, 2.05) is 6.92 Å². The topological polar surface area (TPSA) is 29.1 Å². The van der Waals surface area contributed by atoms with Gasteiger partial charge in [-0.05, 0) is 18.8 Å². The van der Waals surface area contributed by atoms with Crippen LogP contribution in [0, 0.1) is 11.8 Å². The van der Waals surface area contributed by atoms with Crippen LogP contribution in [-0.2, 0) is 4.79 Å². The van der Waals surface area contributed by atoms with Crippen LogP contribution in [0.3, 0.4) is 0 Å². The van der Waals surface area contributed by atoms with Crippen molar-refractivity contribution in [2.75, 3.05) is 6.54 Å². The normalized spacial score (nSPS) is 8.50. The molecule has 0 atom stereocenters. The van der Waals surface area contributed by atoms with Crippen molar-refractivity contribution in [2.45, 2.75) is 39.5 Å². The van der Waals surface area contributed by atoms with Gasteiger partial charge in [-0.15, -0.1) is 0 Å². The molecule has 0 aliphatic carbocycles. The molecule has 0 rings (SSSR count). The number of hydrogen-bond donors (Lipinski definition) is 1. The maximum absolute atomic E-state index is 10.9. The minimum atomic E-state index is -0.142. The summed E-state index contributed by atoms with van der Waals surface area (Å²) >= 11 is 0. The van der Waals surface area contributed by atoms with Gasteiger partial charge in [0.2, 0.25) is 0 Å². The number of unbranched alkanes of at least 4 members (excludes halogenated alkanes) is 2. The van der Waals surface area contributed by atoms with Gasteiger partial charge in [0.05, 0.1) is 0 Å². The van der Waals surface area contributed by atoms with E-state index in [1.54, 1.807) is 0 Å². The molecule has 2 nitrogen and oxygen atoms in total. The zero-order valence-electron chi connectivity index (χ0n) is 7.94. The molecule has 0 bridgehead atoms. The second-order valence-corrected chi connectivity index (χ2v) is 2.66. The predicted octanol–water partition coefficient (Wildman–Crippen LogP) is 1.71. The van der Waals surface area contributed by atoms with Gasteiger partial charge in [-0.2, -0.15) is 0 Å². The third-order valence-electron chi connectivity index (χ3n) is 1.39. The number of carbonyl (C=O) groups excluding carboxylic acids is 1. The third-order valence-corrected chi connectivity index (χ3v) is 1.39. The minimum absolute atomic E-state index is 0.142. The average Bonchev–Trinajstić information content (AvgIpc) is 2.06. The van der Waals surface area contributed by atoms with E-state index in [1.165, 1.54) is 0 Å². The van der Waals surface area contributed by atoms with E-state index >= 15 is 0 Å². The van der Waals surface area contributed by atoms with Gasteiger partial charge in [-0.1, -0.05) is 26.2 Å². The van der Waals surface area contributed by atoms with Crippen molar-refractivity contribution < 1.29 is 4.79 Å². The molecule has 0 aromatic rings. The first-order valence-electron chi connectivity index (χ1n) is 4.58. The van der Waals surface area contributed by atoms with Gasteiger partial charge in [-0.3, -0.25) is 4.79 Å². The van der Waals surface area contributed by atoms with E-state index in [9.17, 15) is 4.79 Å². The van der Waals surface area contributed by atoms with Crippen LogP contribution in [0.4, 0.5) is 0 Å². The van der Waals surface area contributed by atoms with Crippen molar-refractivity contribution in [1.82, 2.24) is 5.32 Å². The van der Waals surface area contributed by atoms with E-state index in [2.05, 4.69) is 24.1 Å². The second-order valence-electron chi connectivity index (χ2n) is 2.66. The summed E-state index contributed by atoms with van der Waals surface area (Å²) < 4.78 is 0. The molecular weight excluding hydrogens is 150 g/mol. The largest absolute Gasteiger partial charge is 0.345 e. The summed E-state index contributed by atoms with van der Waals surface area (Å²) in [6.45, 7) is 4.88. The molecule has 0 aliphatic rings. The van der Waals surface area contributed by atoms with Gasteiger partial charge in [0.15, 0.2) is 0 Å². The molecule has 0 unspecified atom stereocenters. The van der Waals surface area contributed by atoms with Gasteiger partial charge >= 0.3 is 0 Å². The van der Waals surface area contributed by atoms with Crippen molar-refractivity contribution >= 4 is 5.91 Å². The van der Waals surface area contributed by atoms with E-state index in [-0.39, 0.29) is 5.91 Å². The monoisotopic (exact) mass is 167 g/mol. The number of hydrogen-bond acceptors (Lipinski definition) is 1. The Morgan fingerprint density at radius 2 is 2.08 bits per heavy atom. The number of carbonyl (C=O) groups is 1. The average molecular weight is 167 g/mol. The number of rotatable bonds is 4. The highest BCUT2D eigenvalue weighted by molar-refractivity contribution is 5.93. The van der Waals surface area contributed by atoms with Gasteiger partial charge in [0, 0.05) is 13.0 Å². The molecule has 68 valence electrons. The van der Waals surface area contributed by atoms with Crippen LogP contribution in [0.25, 0.3) is 0 Å². The molecule has 0 aromatic heterocycles. The molecule has 0 saturated carbocycles. The van der Waals surface area contributed by atoms with Crippen molar-refractivity contribution in [3.8, 4) is 11.8 Å². The summed E-state index contributed by atoms with van der Waals surface area (Å²) in [6.07, 6.45) is 3.94.